The van der Waals surface area contributed by atoms with E-state index in [-0.39, 0.29) is 0 Å². The van der Waals surface area contributed by atoms with Gasteiger partial charge in [-0.05, 0) is 12.5 Å². The van der Waals surface area contributed by atoms with Crippen LogP contribution in [0, 0.1) is 31.0 Å². The van der Waals surface area contributed by atoms with Gasteiger partial charge in [0.1, 0.15) is 7.05 Å². The molecular formula is C9H15ClNO4+. The van der Waals surface area contributed by atoms with Crippen LogP contribution in [0.1, 0.15) is 17.0 Å². The molecule has 0 aromatic carbocycles. The highest BCUT2D eigenvalue weighted by Gasteiger charge is 2.03. The maximum atomic E-state index is 8.60. The summed E-state index contributed by atoms with van der Waals surface area (Å²) in [5.41, 5.74) is 3.98. The molecule has 0 spiro atoms. The molecule has 1 heterocycles. The summed E-state index contributed by atoms with van der Waals surface area (Å²) in [5.74, 6) is 0. The van der Waals surface area contributed by atoms with Gasteiger partial charge in [-0.15, -0.1) is 0 Å². The topological polar surface area (TPSA) is 93.3 Å². The van der Waals surface area contributed by atoms with Gasteiger partial charge in [-0.2, -0.15) is 14.0 Å². The lowest BCUT2D eigenvalue weighted by Gasteiger charge is -2.03. The van der Waals surface area contributed by atoms with Crippen molar-refractivity contribution >= 4 is 0 Å². The van der Waals surface area contributed by atoms with Crippen molar-refractivity contribution in [1.29, 1.82) is 0 Å². The first kappa shape index (κ1) is 14.3. The van der Waals surface area contributed by atoms with Crippen LogP contribution in [0.4, 0.5) is 0 Å². The summed E-state index contributed by atoms with van der Waals surface area (Å²) in [7, 11) is -2.61. The number of hydrogen-bond acceptors (Lipinski definition) is 4. The second-order valence-electron chi connectivity index (χ2n) is 3.27. The molecule has 0 aliphatic rings. The number of pyridine rings is 1. The predicted octanol–water partition coefficient (Wildman–Crippen LogP) is -2.69. The molecule has 6 heteroatoms. The van der Waals surface area contributed by atoms with Crippen LogP contribution in [-0.2, 0) is 7.05 Å². The van der Waals surface area contributed by atoms with Crippen LogP contribution >= 0.6 is 0 Å². The van der Waals surface area contributed by atoms with Crippen molar-refractivity contribution in [2.24, 2.45) is 7.05 Å². The molecule has 0 unspecified atom stereocenters. The summed E-state index contributed by atoms with van der Waals surface area (Å²) in [5, 5.41) is 0. The van der Waals surface area contributed by atoms with Crippen LogP contribution in [0.15, 0.2) is 12.1 Å². The van der Waals surface area contributed by atoms with Crippen LogP contribution in [0.2, 0.25) is 0 Å². The zero-order chi connectivity index (χ0) is 12.2. The van der Waals surface area contributed by atoms with E-state index in [1.807, 2.05) is 0 Å². The van der Waals surface area contributed by atoms with E-state index in [2.05, 4.69) is 44.5 Å². The van der Waals surface area contributed by atoms with E-state index in [4.69, 9.17) is 18.6 Å². The quantitative estimate of drug-likeness (QED) is 0.497. The molecule has 0 aliphatic carbocycles. The van der Waals surface area contributed by atoms with Crippen LogP contribution in [0.5, 0.6) is 0 Å². The molecule has 0 saturated heterocycles. The van der Waals surface area contributed by atoms with Gasteiger partial charge in [-0.3, -0.25) is 0 Å². The zero-order valence-electron chi connectivity index (χ0n) is 9.15. The second-order valence-corrected chi connectivity index (χ2v) is 4.06. The summed E-state index contributed by atoms with van der Waals surface area (Å²) >= 11 is 0. The van der Waals surface area contributed by atoms with E-state index in [1.54, 1.807) is 0 Å². The Hall–Kier alpha value is -0.720. The minimum absolute atomic E-state index is 1.32. The molecule has 15 heavy (non-hydrogen) atoms. The van der Waals surface area contributed by atoms with E-state index in [1.165, 1.54) is 17.0 Å². The Balaban J connectivity index is 0.000000336. The fourth-order valence-electron chi connectivity index (χ4n) is 1.17. The first-order chi connectivity index (χ1) is 6.61. The Kier molecular flexibility index (Phi) is 5.13. The average molecular weight is 237 g/mol. The highest BCUT2D eigenvalue weighted by molar-refractivity contribution is 5.13. The lowest BCUT2D eigenvalue weighted by atomic mass is 10.2. The monoisotopic (exact) mass is 236 g/mol. The Morgan fingerprint density at radius 3 is 1.60 bits per heavy atom. The van der Waals surface area contributed by atoms with E-state index < -0.39 is 10.2 Å². The van der Waals surface area contributed by atoms with Gasteiger partial charge in [-0.25, -0.2) is 4.57 Å². The van der Waals surface area contributed by atoms with Crippen molar-refractivity contribution in [1.82, 2.24) is 0 Å². The fourth-order valence-corrected chi connectivity index (χ4v) is 1.17. The summed E-state index contributed by atoms with van der Waals surface area (Å²) < 4.78 is 34.9. The normalized spacial score (nSPS) is 10.7. The van der Waals surface area contributed by atoms with Gasteiger partial charge in [0, 0.05) is 26.0 Å². The smallest absolute Gasteiger partial charge is 0.178 e. The average Bonchev–Trinajstić information content (AvgIpc) is 1.96. The van der Waals surface area contributed by atoms with Crippen molar-refractivity contribution in [2.45, 2.75) is 20.8 Å². The molecule has 1 rings (SSSR count). The maximum absolute atomic E-state index is 8.60. The molecule has 1 aromatic heterocycles. The molecule has 0 fully saturated rings. The van der Waals surface area contributed by atoms with Crippen molar-refractivity contribution in [3.63, 3.8) is 0 Å². The SMILES string of the molecule is Cc1cc(C)[n+](C)c(C)c1.[O-][Cl+3]([O-])([O-])O. The minimum atomic E-state index is -4.69. The van der Waals surface area contributed by atoms with Gasteiger partial charge in [0.25, 0.3) is 0 Å². The maximum Gasteiger partial charge on any atom is 0.178 e. The molecule has 1 N–H and O–H groups in total. The van der Waals surface area contributed by atoms with Crippen molar-refractivity contribution in [3.05, 3.63) is 29.1 Å². The number of hydrogen-bond donors (Lipinski definition) is 1. The zero-order valence-corrected chi connectivity index (χ0v) is 9.91. The molecule has 86 valence electrons. The van der Waals surface area contributed by atoms with E-state index in [9.17, 15) is 0 Å². The van der Waals surface area contributed by atoms with Crippen LogP contribution in [-0.4, -0.2) is 4.66 Å². The Bertz CT molecular complexity index is 306. The summed E-state index contributed by atoms with van der Waals surface area (Å²) in [6.45, 7) is 6.38. The van der Waals surface area contributed by atoms with Gasteiger partial charge >= 0.3 is 0 Å². The van der Waals surface area contributed by atoms with Crippen LogP contribution in [0.3, 0.4) is 0 Å². The molecule has 5 nitrogen and oxygen atoms in total. The Morgan fingerprint density at radius 1 is 1.07 bits per heavy atom. The van der Waals surface area contributed by atoms with Gasteiger partial charge in [0.05, 0.1) is 14.9 Å². The third-order valence-corrected chi connectivity index (χ3v) is 1.93. The standard InChI is InChI=1S/C9H14N.ClHO4/c1-7-5-8(2)10(4)9(3)6-7;2-1(3,4)5/h5-6H,1-4H3;(H,2,3,4,5)/q+1;. The Labute approximate surface area is 91.0 Å². The number of nitrogens with zero attached hydrogens (tertiary/aromatic N) is 1. The number of aryl methyl sites for hydroxylation is 3. The van der Waals surface area contributed by atoms with Gasteiger partial charge in [0.2, 0.25) is 0 Å². The molecule has 0 amide bonds. The third kappa shape index (κ3) is 7.24. The van der Waals surface area contributed by atoms with Gasteiger partial charge in [-0.1, -0.05) is 0 Å². The van der Waals surface area contributed by atoms with Gasteiger partial charge < -0.3 is 0 Å². The van der Waals surface area contributed by atoms with Gasteiger partial charge in [0.15, 0.2) is 11.4 Å². The fraction of sp³-hybridized carbons (Fsp3) is 0.444. The molecule has 0 bridgehead atoms. The van der Waals surface area contributed by atoms with E-state index in [0.717, 1.165) is 0 Å². The lowest BCUT2D eigenvalue weighted by Crippen LogP contribution is -2.58. The number of aromatic nitrogens is 1. The summed E-state index contributed by atoms with van der Waals surface area (Å²) in [4.78, 5) is 0. The second kappa shape index (κ2) is 5.39. The van der Waals surface area contributed by atoms with E-state index in [0.29, 0.717) is 0 Å². The van der Waals surface area contributed by atoms with Crippen molar-refractivity contribution in [2.75, 3.05) is 0 Å². The number of rotatable bonds is 0. The molecule has 0 aliphatic heterocycles. The summed E-state index contributed by atoms with van der Waals surface area (Å²) in [6.07, 6.45) is 0. The van der Waals surface area contributed by atoms with Crippen molar-refractivity contribution in [3.8, 4) is 0 Å². The third-order valence-electron chi connectivity index (χ3n) is 1.93. The first-order valence-corrected chi connectivity index (χ1v) is 5.44. The highest BCUT2D eigenvalue weighted by Crippen LogP contribution is 1.99. The molecule has 1 aromatic rings. The van der Waals surface area contributed by atoms with Crippen molar-refractivity contribution < 1.29 is 33.4 Å². The largest absolute Gasteiger partial charge is 0.203 e. The Morgan fingerprint density at radius 2 is 1.33 bits per heavy atom. The van der Waals surface area contributed by atoms with E-state index >= 15 is 0 Å². The lowest BCUT2D eigenvalue weighted by molar-refractivity contribution is -1.92. The molecular weight excluding hydrogens is 222 g/mol. The molecule has 0 atom stereocenters. The highest BCUT2D eigenvalue weighted by atomic mass is 35.7. The molecule has 0 saturated carbocycles. The van der Waals surface area contributed by atoms with Crippen LogP contribution in [0.25, 0.3) is 0 Å². The number of halogens is 1. The first-order valence-electron chi connectivity index (χ1n) is 4.18. The predicted molar refractivity (Wildman–Crippen MR) is 44.0 cm³/mol. The van der Waals surface area contributed by atoms with Crippen LogP contribution < -0.4 is 18.5 Å². The minimum Gasteiger partial charge on any atom is -0.203 e. The molecule has 0 radical (unpaired) electrons. The summed E-state index contributed by atoms with van der Waals surface area (Å²) in [6, 6.07) is 4.38.